The molecule has 0 unspecified atom stereocenters. The molecule has 0 atom stereocenters. The quantitative estimate of drug-likeness (QED) is 0.234. The van der Waals surface area contributed by atoms with Crippen LogP contribution >= 0.6 is 11.3 Å². The van der Waals surface area contributed by atoms with Gasteiger partial charge < -0.3 is 20.2 Å². The smallest absolute Gasteiger partial charge is 0.335 e. The molecule has 0 bridgehead atoms. The van der Waals surface area contributed by atoms with Crippen LogP contribution in [0.1, 0.15) is 54.3 Å². The molecule has 0 saturated carbocycles. The standard InChI is InChI=1S/C32H34N4O3S/c1-21(2)36(28-14-8-25(9-15-28)31(38)39)32-34-29(20-40-32)23-4-10-26(11-5-23)33-30(37)24-6-12-27(13-7-24)35-18-16-22(3)17-19-35/h4-15,20-22H,16-19H2,1-3H3,(H,33,37)(H,38,39). The van der Waals surface area contributed by atoms with Crippen molar-refractivity contribution in [2.45, 2.75) is 39.7 Å². The van der Waals surface area contributed by atoms with Crippen LogP contribution in [0.4, 0.5) is 22.2 Å². The number of rotatable bonds is 8. The summed E-state index contributed by atoms with van der Waals surface area (Å²) in [5.74, 6) is -0.298. The van der Waals surface area contributed by atoms with Gasteiger partial charge in [0.05, 0.1) is 11.3 Å². The van der Waals surface area contributed by atoms with Gasteiger partial charge in [-0.2, -0.15) is 0 Å². The Hall–Kier alpha value is -4.17. The lowest BCUT2D eigenvalue weighted by molar-refractivity contribution is 0.0696. The van der Waals surface area contributed by atoms with Crippen molar-refractivity contribution in [1.29, 1.82) is 0 Å². The maximum Gasteiger partial charge on any atom is 0.335 e. The van der Waals surface area contributed by atoms with E-state index in [0.717, 1.165) is 46.8 Å². The molecule has 1 fully saturated rings. The number of carboxylic acid groups (broad SMARTS) is 1. The molecule has 7 nitrogen and oxygen atoms in total. The zero-order chi connectivity index (χ0) is 28.2. The summed E-state index contributed by atoms with van der Waals surface area (Å²) in [6.07, 6.45) is 2.41. The normalized spacial score (nSPS) is 13.8. The maximum atomic E-state index is 12.9. The van der Waals surface area contributed by atoms with E-state index in [1.807, 2.05) is 66.0 Å². The van der Waals surface area contributed by atoms with Crippen LogP contribution in [0, 0.1) is 5.92 Å². The third-order valence-corrected chi connectivity index (χ3v) is 8.16. The number of thiazole rings is 1. The van der Waals surface area contributed by atoms with E-state index in [-0.39, 0.29) is 17.5 Å². The number of piperidine rings is 1. The zero-order valence-corrected chi connectivity index (χ0v) is 23.8. The number of aromatic carboxylic acids is 1. The molecule has 2 N–H and O–H groups in total. The molecule has 4 aromatic rings. The molecule has 206 valence electrons. The summed E-state index contributed by atoms with van der Waals surface area (Å²) in [6, 6.07) is 22.5. The van der Waals surface area contributed by atoms with E-state index in [1.54, 1.807) is 12.1 Å². The number of carbonyl (C=O) groups excluding carboxylic acids is 1. The Morgan fingerprint density at radius 2 is 1.57 bits per heavy atom. The van der Waals surface area contributed by atoms with Gasteiger partial charge in [0.25, 0.3) is 5.91 Å². The van der Waals surface area contributed by atoms with Crippen LogP contribution in [-0.4, -0.2) is 41.1 Å². The van der Waals surface area contributed by atoms with Gasteiger partial charge >= 0.3 is 5.97 Å². The fourth-order valence-electron chi connectivity index (χ4n) is 4.92. The molecule has 40 heavy (non-hydrogen) atoms. The molecular weight excluding hydrogens is 520 g/mol. The van der Waals surface area contributed by atoms with E-state index in [9.17, 15) is 14.7 Å². The molecule has 1 aliphatic rings. The van der Waals surface area contributed by atoms with E-state index < -0.39 is 5.97 Å². The van der Waals surface area contributed by atoms with Crippen molar-refractivity contribution in [3.8, 4) is 11.3 Å². The predicted molar refractivity (Wildman–Crippen MR) is 163 cm³/mol. The van der Waals surface area contributed by atoms with Gasteiger partial charge in [-0.05, 0) is 93.3 Å². The summed E-state index contributed by atoms with van der Waals surface area (Å²) < 4.78 is 0. The SMILES string of the molecule is CC1CCN(c2ccc(C(=O)Nc3ccc(-c4csc(N(c5ccc(C(=O)O)cc5)C(C)C)n4)cc3)cc2)CC1. The first kappa shape index (κ1) is 27.4. The maximum absolute atomic E-state index is 12.9. The Balaban J connectivity index is 1.24. The average Bonchev–Trinajstić information content (AvgIpc) is 3.43. The largest absolute Gasteiger partial charge is 0.478 e. The summed E-state index contributed by atoms with van der Waals surface area (Å²) in [7, 11) is 0. The molecule has 2 heterocycles. The Bertz CT molecular complexity index is 1460. The second-order valence-corrected chi connectivity index (χ2v) is 11.4. The highest BCUT2D eigenvalue weighted by Crippen LogP contribution is 2.34. The van der Waals surface area contributed by atoms with E-state index in [2.05, 4.69) is 35.9 Å². The lowest BCUT2D eigenvalue weighted by Crippen LogP contribution is -2.32. The predicted octanol–water partition coefficient (Wildman–Crippen LogP) is 7.54. The summed E-state index contributed by atoms with van der Waals surface area (Å²) in [6.45, 7) is 8.58. The molecule has 1 aromatic heterocycles. The highest BCUT2D eigenvalue weighted by atomic mass is 32.1. The summed E-state index contributed by atoms with van der Waals surface area (Å²) in [5, 5.41) is 15.0. The van der Waals surface area contributed by atoms with Gasteiger partial charge in [-0.25, -0.2) is 9.78 Å². The van der Waals surface area contributed by atoms with E-state index in [4.69, 9.17) is 4.98 Å². The van der Waals surface area contributed by atoms with Gasteiger partial charge in [-0.15, -0.1) is 11.3 Å². The van der Waals surface area contributed by atoms with Gasteiger partial charge in [-0.1, -0.05) is 19.1 Å². The van der Waals surface area contributed by atoms with E-state index in [0.29, 0.717) is 5.56 Å². The lowest BCUT2D eigenvalue weighted by Gasteiger charge is -2.32. The summed E-state index contributed by atoms with van der Waals surface area (Å²) >= 11 is 1.53. The van der Waals surface area contributed by atoms with Crippen molar-refractivity contribution >= 4 is 45.4 Å². The molecule has 0 aliphatic carbocycles. The average molecular weight is 555 g/mol. The highest BCUT2D eigenvalue weighted by Gasteiger charge is 2.19. The minimum absolute atomic E-state index is 0.130. The van der Waals surface area contributed by atoms with Crippen LogP contribution in [0.2, 0.25) is 0 Å². The first-order valence-corrected chi connectivity index (χ1v) is 14.5. The molecule has 1 saturated heterocycles. The Labute approximate surface area is 239 Å². The van der Waals surface area contributed by atoms with Gasteiger partial charge in [0.1, 0.15) is 0 Å². The number of hydrogen-bond acceptors (Lipinski definition) is 6. The van der Waals surface area contributed by atoms with Crippen molar-refractivity contribution in [3.05, 3.63) is 89.3 Å². The third kappa shape index (κ3) is 6.18. The second kappa shape index (κ2) is 11.9. The Morgan fingerprint density at radius 3 is 2.17 bits per heavy atom. The van der Waals surface area contributed by atoms with Gasteiger partial charge in [-0.3, -0.25) is 4.79 Å². The van der Waals surface area contributed by atoms with Crippen LogP contribution in [0.15, 0.2) is 78.2 Å². The first-order valence-electron chi connectivity index (χ1n) is 13.6. The van der Waals surface area contributed by atoms with Crippen LogP contribution in [0.5, 0.6) is 0 Å². The number of anilines is 4. The number of aromatic nitrogens is 1. The fraction of sp³-hybridized carbons (Fsp3) is 0.281. The van der Waals surface area contributed by atoms with Crippen LogP contribution in [0.3, 0.4) is 0 Å². The van der Waals surface area contributed by atoms with Crippen molar-refractivity contribution in [1.82, 2.24) is 4.98 Å². The Morgan fingerprint density at radius 1 is 0.950 bits per heavy atom. The minimum Gasteiger partial charge on any atom is -0.478 e. The summed E-state index contributed by atoms with van der Waals surface area (Å²) in [4.78, 5) is 33.4. The van der Waals surface area contributed by atoms with Crippen LogP contribution in [0.25, 0.3) is 11.3 Å². The topological polar surface area (TPSA) is 85.8 Å². The number of benzene rings is 3. The van der Waals surface area contributed by atoms with E-state index >= 15 is 0 Å². The third-order valence-electron chi connectivity index (χ3n) is 7.32. The lowest BCUT2D eigenvalue weighted by atomic mass is 9.98. The molecule has 1 amide bonds. The molecule has 0 radical (unpaired) electrons. The molecule has 8 heteroatoms. The number of nitrogens with one attached hydrogen (secondary N) is 1. The van der Waals surface area contributed by atoms with Crippen molar-refractivity contribution < 1.29 is 14.7 Å². The molecule has 5 rings (SSSR count). The van der Waals surface area contributed by atoms with E-state index in [1.165, 1.54) is 29.9 Å². The zero-order valence-electron chi connectivity index (χ0n) is 23.0. The molecular formula is C32H34N4O3S. The molecule has 0 spiro atoms. The second-order valence-electron chi connectivity index (χ2n) is 10.6. The minimum atomic E-state index is -0.945. The fourth-order valence-corrected chi connectivity index (χ4v) is 5.91. The number of carboxylic acids is 1. The van der Waals surface area contributed by atoms with Crippen LogP contribution in [-0.2, 0) is 0 Å². The van der Waals surface area contributed by atoms with Crippen molar-refractivity contribution in [2.75, 3.05) is 28.2 Å². The number of nitrogens with zero attached hydrogens (tertiary/aromatic N) is 3. The molecule has 1 aliphatic heterocycles. The summed E-state index contributed by atoms with van der Waals surface area (Å²) in [5.41, 5.74) is 5.46. The number of carbonyl (C=O) groups is 2. The van der Waals surface area contributed by atoms with Crippen molar-refractivity contribution in [2.24, 2.45) is 5.92 Å². The highest BCUT2D eigenvalue weighted by molar-refractivity contribution is 7.14. The number of hydrogen-bond donors (Lipinski definition) is 2. The monoisotopic (exact) mass is 554 g/mol. The molecule has 3 aromatic carbocycles. The van der Waals surface area contributed by atoms with Crippen molar-refractivity contribution in [3.63, 3.8) is 0 Å². The number of amides is 1. The van der Waals surface area contributed by atoms with Gasteiger partial charge in [0.2, 0.25) is 0 Å². The van der Waals surface area contributed by atoms with Crippen LogP contribution < -0.4 is 15.1 Å². The van der Waals surface area contributed by atoms with Gasteiger partial charge in [0, 0.05) is 52.7 Å². The Kier molecular flexibility index (Phi) is 8.16. The van der Waals surface area contributed by atoms with Gasteiger partial charge in [0.15, 0.2) is 5.13 Å². The first-order chi connectivity index (χ1) is 19.3.